The zero-order chi connectivity index (χ0) is 24.6. The maximum Gasteiger partial charge on any atom is 0.263 e. The summed E-state index contributed by atoms with van der Waals surface area (Å²) in [5, 5.41) is 4.27. The summed E-state index contributed by atoms with van der Waals surface area (Å²) >= 11 is 4.96. The molecule has 1 aromatic heterocycles. The second kappa shape index (κ2) is 9.10. The van der Waals surface area contributed by atoms with E-state index >= 15 is 0 Å². The highest BCUT2D eigenvalue weighted by atomic mass is 32.1. The maximum absolute atomic E-state index is 14.1. The third-order valence-electron chi connectivity index (χ3n) is 4.81. The van der Waals surface area contributed by atoms with Crippen LogP contribution in [0.5, 0.6) is 5.75 Å². The van der Waals surface area contributed by atoms with E-state index in [1.807, 2.05) is 30.4 Å². The van der Waals surface area contributed by atoms with Crippen LogP contribution in [0.15, 0.2) is 46.9 Å². The molecule has 0 spiro atoms. The Bertz CT molecular complexity index is 1410. The SMILES string of the molecule is COc1c(F)c(F)c(C(=O)NC(=S)Nc2ccc(-c3nc4cc(C)ccc4o3)cc2)c(F)c1F. The quantitative estimate of drug-likeness (QED) is 0.224. The Hall–Kier alpha value is -3.99. The molecule has 3 aromatic carbocycles. The number of anilines is 1. The van der Waals surface area contributed by atoms with Gasteiger partial charge in [0, 0.05) is 11.3 Å². The van der Waals surface area contributed by atoms with Gasteiger partial charge in [-0.2, -0.15) is 8.78 Å². The fourth-order valence-corrected chi connectivity index (χ4v) is 3.39. The fraction of sp³-hybridized carbons (Fsp3) is 0.0870. The van der Waals surface area contributed by atoms with Crippen LogP contribution in [0.4, 0.5) is 23.2 Å². The molecule has 0 aliphatic rings. The molecule has 0 saturated carbocycles. The zero-order valence-corrected chi connectivity index (χ0v) is 18.5. The van der Waals surface area contributed by atoms with E-state index in [0.717, 1.165) is 12.7 Å². The Labute approximate surface area is 195 Å². The van der Waals surface area contributed by atoms with Gasteiger partial charge in [-0.05, 0) is 61.1 Å². The number of halogens is 4. The third-order valence-corrected chi connectivity index (χ3v) is 5.02. The molecule has 1 heterocycles. The van der Waals surface area contributed by atoms with Gasteiger partial charge in [0.15, 0.2) is 28.1 Å². The molecule has 34 heavy (non-hydrogen) atoms. The molecule has 0 aliphatic heterocycles. The van der Waals surface area contributed by atoms with Crippen molar-refractivity contribution in [3.05, 3.63) is 76.9 Å². The first-order valence-electron chi connectivity index (χ1n) is 9.69. The average Bonchev–Trinajstić information content (AvgIpc) is 3.22. The molecule has 6 nitrogen and oxygen atoms in total. The summed E-state index contributed by atoms with van der Waals surface area (Å²) in [6.07, 6.45) is 0. The highest BCUT2D eigenvalue weighted by Crippen LogP contribution is 2.30. The van der Waals surface area contributed by atoms with Gasteiger partial charge in [0.25, 0.3) is 5.91 Å². The van der Waals surface area contributed by atoms with Crippen LogP contribution >= 0.6 is 12.2 Å². The van der Waals surface area contributed by atoms with Gasteiger partial charge in [-0.1, -0.05) is 6.07 Å². The molecule has 0 bridgehead atoms. The number of nitrogens with zero attached hydrogens (tertiary/aromatic N) is 1. The number of aryl methyl sites for hydroxylation is 1. The Morgan fingerprint density at radius 1 is 1.00 bits per heavy atom. The van der Waals surface area contributed by atoms with Crippen LogP contribution in [0.2, 0.25) is 0 Å². The van der Waals surface area contributed by atoms with Crippen LogP contribution in [0.3, 0.4) is 0 Å². The predicted octanol–water partition coefficient (Wildman–Crippen LogP) is 5.50. The standard InChI is InChI=1S/C23H15F4N3O3S/c1-10-3-8-14-13(9-10)29-22(33-14)11-4-6-12(7-5-11)28-23(34)30-21(31)15-16(24)18(26)20(32-2)19(27)17(15)25/h3-9H,1-2H3,(H2,28,30,31,34). The summed E-state index contributed by atoms with van der Waals surface area (Å²) in [5.74, 6) is -9.85. The smallest absolute Gasteiger partial charge is 0.263 e. The average molecular weight is 489 g/mol. The summed E-state index contributed by atoms with van der Waals surface area (Å²) in [5.41, 5.74) is 2.00. The lowest BCUT2D eigenvalue weighted by Crippen LogP contribution is -2.35. The molecular weight excluding hydrogens is 474 g/mol. The van der Waals surface area contributed by atoms with Crippen LogP contribution < -0.4 is 15.4 Å². The maximum atomic E-state index is 14.1. The van der Waals surface area contributed by atoms with Crippen molar-refractivity contribution in [1.82, 2.24) is 10.3 Å². The van der Waals surface area contributed by atoms with E-state index in [9.17, 15) is 22.4 Å². The topological polar surface area (TPSA) is 76.4 Å². The van der Waals surface area contributed by atoms with Gasteiger partial charge in [-0.3, -0.25) is 10.1 Å². The lowest BCUT2D eigenvalue weighted by Gasteiger charge is -2.13. The minimum atomic E-state index is -1.91. The van der Waals surface area contributed by atoms with E-state index < -0.39 is 40.5 Å². The molecule has 0 unspecified atom stereocenters. The van der Waals surface area contributed by atoms with E-state index in [1.165, 1.54) is 0 Å². The molecule has 0 aliphatic carbocycles. The number of rotatable bonds is 4. The Balaban J connectivity index is 1.48. The highest BCUT2D eigenvalue weighted by molar-refractivity contribution is 7.80. The lowest BCUT2D eigenvalue weighted by molar-refractivity contribution is 0.0966. The predicted molar refractivity (Wildman–Crippen MR) is 121 cm³/mol. The van der Waals surface area contributed by atoms with Gasteiger partial charge >= 0.3 is 0 Å². The van der Waals surface area contributed by atoms with E-state index in [2.05, 4.69) is 15.0 Å². The number of amides is 1. The largest absolute Gasteiger partial charge is 0.491 e. The number of aromatic nitrogens is 1. The number of oxazole rings is 1. The van der Waals surface area contributed by atoms with Crippen LogP contribution in [-0.4, -0.2) is 23.1 Å². The first kappa shape index (κ1) is 23.2. The number of methoxy groups -OCH3 is 1. The molecule has 0 saturated heterocycles. The van der Waals surface area contributed by atoms with E-state index in [4.69, 9.17) is 16.6 Å². The van der Waals surface area contributed by atoms with Gasteiger partial charge in [0.05, 0.1) is 7.11 Å². The first-order chi connectivity index (χ1) is 16.2. The highest BCUT2D eigenvalue weighted by Gasteiger charge is 2.30. The van der Waals surface area contributed by atoms with Crippen molar-refractivity contribution in [2.24, 2.45) is 0 Å². The Morgan fingerprint density at radius 3 is 2.26 bits per heavy atom. The molecular formula is C23H15F4N3O3S. The summed E-state index contributed by atoms with van der Waals surface area (Å²) in [7, 11) is 0.829. The van der Waals surface area contributed by atoms with Crippen LogP contribution in [0.1, 0.15) is 15.9 Å². The van der Waals surface area contributed by atoms with Gasteiger partial charge in [0.2, 0.25) is 17.5 Å². The van der Waals surface area contributed by atoms with Crippen LogP contribution in [0, 0.1) is 30.2 Å². The number of thiocarbonyl (C=S) groups is 1. The van der Waals surface area contributed by atoms with Crippen molar-refractivity contribution < 1.29 is 31.5 Å². The minimum absolute atomic E-state index is 0.356. The molecule has 2 N–H and O–H groups in total. The van der Waals surface area contributed by atoms with Gasteiger partial charge < -0.3 is 14.5 Å². The van der Waals surface area contributed by atoms with E-state index in [-0.39, 0.29) is 5.11 Å². The molecule has 4 rings (SSSR count). The summed E-state index contributed by atoms with van der Waals surface area (Å²) in [6.45, 7) is 1.94. The number of carbonyl (C=O) groups excluding carboxylic acids is 1. The second-order valence-electron chi connectivity index (χ2n) is 7.14. The summed E-state index contributed by atoms with van der Waals surface area (Å²) < 4.78 is 66.0. The molecule has 0 atom stereocenters. The lowest BCUT2D eigenvalue weighted by atomic mass is 10.1. The molecule has 0 radical (unpaired) electrons. The van der Waals surface area contributed by atoms with Crippen molar-refractivity contribution in [2.75, 3.05) is 12.4 Å². The Morgan fingerprint density at radius 2 is 1.65 bits per heavy atom. The molecule has 174 valence electrons. The zero-order valence-electron chi connectivity index (χ0n) is 17.6. The number of nitrogens with one attached hydrogen (secondary N) is 2. The number of ether oxygens (including phenoxy) is 1. The number of hydrogen-bond acceptors (Lipinski definition) is 5. The normalized spacial score (nSPS) is 10.9. The van der Waals surface area contributed by atoms with Crippen molar-refractivity contribution in [1.29, 1.82) is 0 Å². The molecule has 1 amide bonds. The van der Waals surface area contributed by atoms with Crippen molar-refractivity contribution in [3.63, 3.8) is 0 Å². The van der Waals surface area contributed by atoms with Gasteiger partial charge in [-0.25, -0.2) is 13.8 Å². The van der Waals surface area contributed by atoms with Crippen molar-refractivity contribution in [2.45, 2.75) is 6.92 Å². The van der Waals surface area contributed by atoms with Crippen LogP contribution in [0.25, 0.3) is 22.6 Å². The van der Waals surface area contributed by atoms with Gasteiger partial charge in [0.1, 0.15) is 11.1 Å². The summed E-state index contributed by atoms with van der Waals surface area (Å²) in [6, 6.07) is 12.2. The fourth-order valence-electron chi connectivity index (χ4n) is 3.18. The number of fused-ring (bicyclic) bond motifs is 1. The minimum Gasteiger partial charge on any atom is -0.491 e. The Kier molecular flexibility index (Phi) is 6.20. The van der Waals surface area contributed by atoms with Gasteiger partial charge in [-0.15, -0.1) is 0 Å². The van der Waals surface area contributed by atoms with E-state index in [1.54, 1.807) is 24.3 Å². The number of carbonyl (C=O) groups is 1. The summed E-state index contributed by atoms with van der Waals surface area (Å²) in [4.78, 5) is 16.7. The number of benzene rings is 3. The molecule has 0 fully saturated rings. The van der Waals surface area contributed by atoms with E-state index in [0.29, 0.717) is 28.2 Å². The van der Waals surface area contributed by atoms with Crippen molar-refractivity contribution in [3.8, 4) is 17.2 Å². The monoisotopic (exact) mass is 489 g/mol. The number of hydrogen-bond donors (Lipinski definition) is 2. The first-order valence-corrected chi connectivity index (χ1v) is 10.1. The third kappa shape index (κ3) is 4.29. The van der Waals surface area contributed by atoms with Crippen molar-refractivity contribution >= 4 is 40.0 Å². The molecule has 4 aromatic rings. The van der Waals surface area contributed by atoms with Crippen LogP contribution in [-0.2, 0) is 0 Å². The molecule has 11 heteroatoms. The second-order valence-corrected chi connectivity index (χ2v) is 7.55.